The SMILES string of the molecule is CC(=O)NC(CSc1ccc(OCc2ccccc2)cc1)C(=O)NC(C)c1ccccc1. The molecule has 2 unspecified atom stereocenters. The summed E-state index contributed by atoms with van der Waals surface area (Å²) < 4.78 is 5.82. The fraction of sp³-hybridized carbons (Fsp3) is 0.231. The molecule has 0 aliphatic carbocycles. The van der Waals surface area contributed by atoms with E-state index in [0.29, 0.717) is 12.4 Å². The van der Waals surface area contributed by atoms with E-state index in [2.05, 4.69) is 10.6 Å². The smallest absolute Gasteiger partial charge is 0.243 e. The van der Waals surface area contributed by atoms with Gasteiger partial charge in [0.1, 0.15) is 18.4 Å². The predicted octanol–water partition coefficient (Wildman–Crippen LogP) is 4.74. The van der Waals surface area contributed by atoms with Crippen LogP contribution in [0.2, 0.25) is 0 Å². The normalized spacial score (nSPS) is 12.4. The molecule has 0 spiro atoms. The van der Waals surface area contributed by atoms with Crippen LogP contribution in [0.5, 0.6) is 5.75 Å². The Hall–Kier alpha value is -3.25. The van der Waals surface area contributed by atoms with Gasteiger partial charge in [-0.3, -0.25) is 9.59 Å². The predicted molar refractivity (Wildman–Crippen MR) is 129 cm³/mol. The lowest BCUT2D eigenvalue weighted by Crippen LogP contribution is -2.48. The molecule has 0 saturated carbocycles. The zero-order valence-corrected chi connectivity index (χ0v) is 19.1. The quantitative estimate of drug-likeness (QED) is 0.440. The second-order valence-corrected chi connectivity index (χ2v) is 8.54. The minimum atomic E-state index is -0.627. The Labute approximate surface area is 193 Å². The van der Waals surface area contributed by atoms with Gasteiger partial charge >= 0.3 is 0 Å². The maximum atomic E-state index is 12.8. The van der Waals surface area contributed by atoms with Gasteiger partial charge in [0.25, 0.3) is 0 Å². The molecule has 5 nitrogen and oxygen atoms in total. The van der Waals surface area contributed by atoms with Gasteiger partial charge in [-0.15, -0.1) is 11.8 Å². The lowest BCUT2D eigenvalue weighted by Gasteiger charge is -2.21. The first-order chi connectivity index (χ1) is 15.5. The van der Waals surface area contributed by atoms with Crippen molar-refractivity contribution < 1.29 is 14.3 Å². The number of nitrogens with one attached hydrogen (secondary N) is 2. The van der Waals surface area contributed by atoms with Crippen molar-refractivity contribution in [3.05, 3.63) is 96.1 Å². The van der Waals surface area contributed by atoms with Crippen LogP contribution in [0.15, 0.2) is 89.8 Å². The number of carbonyl (C=O) groups is 2. The summed E-state index contributed by atoms with van der Waals surface area (Å²) in [5, 5.41) is 5.75. The van der Waals surface area contributed by atoms with E-state index in [-0.39, 0.29) is 17.9 Å². The van der Waals surface area contributed by atoms with Crippen LogP contribution < -0.4 is 15.4 Å². The average molecular weight is 449 g/mol. The summed E-state index contributed by atoms with van der Waals surface area (Å²) in [6.45, 7) is 3.86. The molecule has 0 heterocycles. The Kier molecular flexibility index (Phi) is 8.75. The maximum absolute atomic E-state index is 12.8. The van der Waals surface area contributed by atoms with Gasteiger partial charge in [0.15, 0.2) is 0 Å². The van der Waals surface area contributed by atoms with Gasteiger partial charge in [-0.1, -0.05) is 60.7 Å². The molecule has 0 aliphatic heterocycles. The molecule has 0 radical (unpaired) electrons. The third kappa shape index (κ3) is 7.46. The van der Waals surface area contributed by atoms with Crippen LogP contribution in [0.3, 0.4) is 0 Å². The van der Waals surface area contributed by atoms with E-state index in [9.17, 15) is 9.59 Å². The summed E-state index contributed by atoms with van der Waals surface area (Å²) in [6.07, 6.45) is 0. The van der Waals surface area contributed by atoms with Crippen LogP contribution in [-0.2, 0) is 16.2 Å². The number of hydrogen-bond acceptors (Lipinski definition) is 4. The third-order valence-corrected chi connectivity index (χ3v) is 5.95. The van der Waals surface area contributed by atoms with Gasteiger partial charge in [-0.25, -0.2) is 0 Å². The van der Waals surface area contributed by atoms with Crippen molar-refractivity contribution in [3.63, 3.8) is 0 Å². The van der Waals surface area contributed by atoms with Crippen molar-refractivity contribution in [1.82, 2.24) is 10.6 Å². The van der Waals surface area contributed by atoms with Crippen LogP contribution in [0.25, 0.3) is 0 Å². The van der Waals surface area contributed by atoms with E-state index in [4.69, 9.17) is 4.74 Å². The number of ether oxygens (including phenoxy) is 1. The molecule has 0 saturated heterocycles. The number of carbonyl (C=O) groups excluding carboxylic acids is 2. The molecule has 0 aromatic heterocycles. The highest BCUT2D eigenvalue weighted by Crippen LogP contribution is 2.23. The molecule has 3 aromatic rings. The highest BCUT2D eigenvalue weighted by atomic mass is 32.2. The van der Waals surface area contributed by atoms with Crippen molar-refractivity contribution in [2.75, 3.05) is 5.75 Å². The van der Waals surface area contributed by atoms with Crippen molar-refractivity contribution in [2.45, 2.75) is 37.4 Å². The summed E-state index contributed by atoms with van der Waals surface area (Å²) in [5.41, 5.74) is 2.13. The summed E-state index contributed by atoms with van der Waals surface area (Å²) in [4.78, 5) is 25.4. The van der Waals surface area contributed by atoms with Crippen LogP contribution in [-0.4, -0.2) is 23.6 Å². The number of hydrogen-bond donors (Lipinski definition) is 2. The maximum Gasteiger partial charge on any atom is 0.243 e. The highest BCUT2D eigenvalue weighted by Gasteiger charge is 2.21. The molecular formula is C26H28N2O3S. The van der Waals surface area contributed by atoms with E-state index in [1.165, 1.54) is 18.7 Å². The Morgan fingerprint density at radius 2 is 1.50 bits per heavy atom. The first-order valence-electron chi connectivity index (χ1n) is 10.5. The highest BCUT2D eigenvalue weighted by molar-refractivity contribution is 7.99. The van der Waals surface area contributed by atoms with Crippen molar-refractivity contribution >= 4 is 23.6 Å². The van der Waals surface area contributed by atoms with E-state index < -0.39 is 6.04 Å². The summed E-state index contributed by atoms with van der Waals surface area (Å²) in [5.74, 6) is 0.776. The Morgan fingerprint density at radius 1 is 0.875 bits per heavy atom. The second-order valence-electron chi connectivity index (χ2n) is 7.45. The number of benzene rings is 3. The Morgan fingerprint density at radius 3 is 2.12 bits per heavy atom. The van der Waals surface area contributed by atoms with E-state index >= 15 is 0 Å². The second kappa shape index (κ2) is 12.0. The van der Waals surface area contributed by atoms with Crippen molar-refractivity contribution in [2.24, 2.45) is 0 Å². The number of amides is 2. The Balaban J connectivity index is 1.54. The lowest BCUT2D eigenvalue weighted by atomic mass is 10.1. The molecule has 2 amide bonds. The van der Waals surface area contributed by atoms with E-state index in [0.717, 1.165) is 21.8 Å². The Bertz CT molecular complexity index is 995. The molecule has 0 aliphatic rings. The number of thioether (sulfide) groups is 1. The van der Waals surface area contributed by atoms with Gasteiger partial charge in [0.05, 0.1) is 6.04 Å². The molecule has 0 fully saturated rings. The lowest BCUT2D eigenvalue weighted by molar-refractivity contribution is -0.127. The first kappa shape index (κ1) is 23.4. The van der Waals surface area contributed by atoms with Gasteiger partial charge in [0, 0.05) is 17.6 Å². The molecule has 166 valence electrons. The largest absolute Gasteiger partial charge is 0.489 e. The van der Waals surface area contributed by atoms with Crippen LogP contribution in [0, 0.1) is 0 Å². The molecule has 0 bridgehead atoms. The topological polar surface area (TPSA) is 67.4 Å². The summed E-state index contributed by atoms with van der Waals surface area (Å²) >= 11 is 1.51. The molecule has 3 rings (SSSR count). The molecule has 2 atom stereocenters. The van der Waals surface area contributed by atoms with Gasteiger partial charge in [-0.05, 0) is 42.3 Å². The van der Waals surface area contributed by atoms with Crippen LogP contribution in [0.4, 0.5) is 0 Å². The molecule has 2 N–H and O–H groups in total. The van der Waals surface area contributed by atoms with Crippen molar-refractivity contribution in [1.29, 1.82) is 0 Å². The van der Waals surface area contributed by atoms with Crippen molar-refractivity contribution in [3.8, 4) is 5.75 Å². The standard InChI is InChI=1S/C26H28N2O3S/c1-19(22-11-7-4-8-12-22)27-26(30)25(28-20(2)29)18-32-24-15-13-23(14-16-24)31-17-21-9-5-3-6-10-21/h3-16,19,25H,17-18H2,1-2H3,(H,27,30)(H,28,29). The number of rotatable bonds is 10. The molecule has 32 heavy (non-hydrogen) atoms. The zero-order chi connectivity index (χ0) is 22.8. The van der Waals surface area contributed by atoms with Gasteiger partial charge in [-0.2, -0.15) is 0 Å². The third-order valence-electron chi connectivity index (χ3n) is 4.84. The molecule has 3 aromatic carbocycles. The minimum Gasteiger partial charge on any atom is -0.489 e. The van der Waals surface area contributed by atoms with Gasteiger partial charge in [0.2, 0.25) is 11.8 Å². The summed E-state index contributed by atoms with van der Waals surface area (Å²) in [6, 6.07) is 26.7. The molecule has 6 heteroatoms. The fourth-order valence-electron chi connectivity index (χ4n) is 3.12. The monoisotopic (exact) mass is 448 g/mol. The van der Waals surface area contributed by atoms with E-state index in [1.54, 1.807) is 0 Å². The zero-order valence-electron chi connectivity index (χ0n) is 18.3. The van der Waals surface area contributed by atoms with Crippen LogP contribution >= 0.6 is 11.8 Å². The summed E-state index contributed by atoms with van der Waals surface area (Å²) in [7, 11) is 0. The van der Waals surface area contributed by atoms with Crippen LogP contribution in [0.1, 0.15) is 31.0 Å². The van der Waals surface area contributed by atoms with Gasteiger partial charge < -0.3 is 15.4 Å². The fourth-order valence-corrected chi connectivity index (χ4v) is 4.04. The first-order valence-corrected chi connectivity index (χ1v) is 11.5. The average Bonchev–Trinajstić information content (AvgIpc) is 2.82. The minimum absolute atomic E-state index is 0.147. The molecular weight excluding hydrogens is 420 g/mol. The van der Waals surface area contributed by atoms with E-state index in [1.807, 2.05) is 91.9 Å².